The fourth-order valence-corrected chi connectivity index (χ4v) is 3.93. The van der Waals surface area contributed by atoms with E-state index in [0.717, 1.165) is 24.8 Å². The Morgan fingerprint density at radius 1 is 1.42 bits per heavy atom. The van der Waals surface area contributed by atoms with E-state index in [9.17, 15) is 18.0 Å². The molecule has 1 amide bonds. The topological polar surface area (TPSA) is 56.4 Å². The Balaban J connectivity index is 1.33. The second-order valence-electron chi connectivity index (χ2n) is 7.09. The first kappa shape index (κ1) is 16.0. The van der Waals surface area contributed by atoms with Crippen LogP contribution in [0.3, 0.4) is 0 Å². The van der Waals surface area contributed by atoms with Gasteiger partial charge >= 0.3 is 6.18 Å². The molecule has 2 fully saturated rings. The number of nitrogens with zero attached hydrogens (tertiary/aromatic N) is 1. The summed E-state index contributed by atoms with van der Waals surface area (Å²) >= 11 is 0. The number of likely N-dealkylation sites (tertiary alicyclic amines) is 1. The van der Waals surface area contributed by atoms with Crippen molar-refractivity contribution in [2.24, 2.45) is 5.92 Å². The van der Waals surface area contributed by atoms with Crippen molar-refractivity contribution in [3.05, 3.63) is 22.9 Å². The van der Waals surface area contributed by atoms with Crippen LogP contribution in [0.4, 0.5) is 13.2 Å². The van der Waals surface area contributed by atoms with Gasteiger partial charge in [0, 0.05) is 30.6 Å². The van der Waals surface area contributed by atoms with E-state index in [1.54, 1.807) is 4.90 Å². The number of hydrogen-bond acceptors (Lipinski definition) is 4. The summed E-state index contributed by atoms with van der Waals surface area (Å²) in [6, 6.07) is 0.104. The Morgan fingerprint density at radius 3 is 3.04 bits per heavy atom. The third-order valence-electron chi connectivity index (χ3n) is 5.27. The van der Waals surface area contributed by atoms with E-state index in [-0.39, 0.29) is 24.5 Å². The molecule has 1 saturated carbocycles. The fourth-order valence-electron chi connectivity index (χ4n) is 3.93. The largest absolute Gasteiger partial charge is 0.390 e. The number of carbonyl (C=O) groups excluding carboxylic acids is 1. The molecule has 2 aliphatic carbocycles. The maximum Gasteiger partial charge on any atom is 0.390 e. The minimum Gasteiger partial charge on any atom is -0.347 e. The van der Waals surface area contributed by atoms with Crippen molar-refractivity contribution in [3.63, 3.8) is 0 Å². The van der Waals surface area contributed by atoms with Gasteiger partial charge in [0.15, 0.2) is 0 Å². The summed E-state index contributed by atoms with van der Waals surface area (Å²) in [5, 5.41) is 2.98. The molecule has 3 N–H and O–H groups in total. The number of piperidine rings is 1. The number of hydrazine groups is 1. The van der Waals surface area contributed by atoms with Crippen molar-refractivity contribution in [2.75, 3.05) is 19.6 Å². The molecule has 8 heteroatoms. The zero-order valence-corrected chi connectivity index (χ0v) is 13.2. The first-order valence-electron chi connectivity index (χ1n) is 8.47. The summed E-state index contributed by atoms with van der Waals surface area (Å²) in [6.07, 6.45) is -0.131. The van der Waals surface area contributed by atoms with Gasteiger partial charge in [0.2, 0.25) is 0 Å². The molecule has 4 rings (SSSR count). The SMILES string of the molecule is O=C(N[C@@H]1CCCN(CCC(F)(F)F)C1)C1=C2C=C3CC3C2NN1. The lowest BCUT2D eigenvalue weighted by Crippen LogP contribution is -2.49. The average Bonchev–Trinajstić information content (AvgIpc) is 3.00. The zero-order valence-electron chi connectivity index (χ0n) is 13.2. The normalized spacial score (nSPS) is 32.1. The first-order valence-corrected chi connectivity index (χ1v) is 8.47. The van der Waals surface area contributed by atoms with Gasteiger partial charge in [-0.2, -0.15) is 13.2 Å². The molecule has 0 aromatic heterocycles. The molecule has 3 atom stereocenters. The van der Waals surface area contributed by atoms with Crippen LogP contribution in [-0.4, -0.2) is 48.7 Å². The molecule has 0 aromatic carbocycles. The van der Waals surface area contributed by atoms with Gasteiger partial charge in [0.05, 0.1) is 12.5 Å². The number of amides is 1. The molecular formula is C16H21F3N4O. The lowest BCUT2D eigenvalue weighted by molar-refractivity contribution is -0.139. The summed E-state index contributed by atoms with van der Waals surface area (Å²) < 4.78 is 37.1. The Bertz CT molecular complexity index is 613. The standard InChI is InChI=1S/C16H21F3N4O/c17-16(18,19)3-5-23-4-1-2-10(8-23)20-15(24)14-12-7-9-6-11(9)13(12)21-22-14/h7,10-11,13,21-22H,1-6,8H2,(H,20,24)/t10-,11?,13?/m1/s1. The molecule has 0 spiro atoms. The summed E-state index contributed by atoms with van der Waals surface area (Å²) in [4.78, 5) is 14.3. The van der Waals surface area contributed by atoms with Crippen molar-refractivity contribution in [3.8, 4) is 0 Å². The lowest BCUT2D eigenvalue weighted by atomic mass is 10.0. The highest BCUT2D eigenvalue weighted by Crippen LogP contribution is 2.50. The fraction of sp³-hybridized carbons (Fsp3) is 0.688. The maximum atomic E-state index is 12.5. The highest BCUT2D eigenvalue weighted by molar-refractivity contribution is 5.95. The molecule has 1 saturated heterocycles. The molecule has 132 valence electrons. The summed E-state index contributed by atoms with van der Waals surface area (Å²) in [5.41, 5.74) is 9.10. The van der Waals surface area contributed by atoms with Crippen LogP contribution in [0.15, 0.2) is 22.9 Å². The van der Waals surface area contributed by atoms with Crippen molar-refractivity contribution in [2.45, 2.75) is 43.9 Å². The monoisotopic (exact) mass is 342 g/mol. The lowest BCUT2D eigenvalue weighted by Gasteiger charge is -2.33. The van der Waals surface area contributed by atoms with E-state index in [0.29, 0.717) is 24.7 Å². The Morgan fingerprint density at radius 2 is 2.25 bits per heavy atom. The van der Waals surface area contributed by atoms with Gasteiger partial charge in [-0.25, -0.2) is 5.43 Å². The summed E-state index contributed by atoms with van der Waals surface area (Å²) in [5.74, 6) is 0.367. The van der Waals surface area contributed by atoms with Crippen LogP contribution < -0.4 is 16.2 Å². The van der Waals surface area contributed by atoms with E-state index in [1.165, 1.54) is 5.57 Å². The second-order valence-corrected chi connectivity index (χ2v) is 7.09. The first-order chi connectivity index (χ1) is 11.4. The van der Waals surface area contributed by atoms with Crippen LogP contribution in [-0.2, 0) is 4.79 Å². The van der Waals surface area contributed by atoms with Crippen molar-refractivity contribution < 1.29 is 18.0 Å². The average molecular weight is 342 g/mol. The Kier molecular flexibility index (Phi) is 3.84. The van der Waals surface area contributed by atoms with Crippen molar-refractivity contribution >= 4 is 5.91 Å². The Hall–Kier alpha value is -1.54. The van der Waals surface area contributed by atoms with Crippen LogP contribution in [0.2, 0.25) is 0 Å². The highest BCUT2D eigenvalue weighted by Gasteiger charge is 2.48. The highest BCUT2D eigenvalue weighted by atomic mass is 19.4. The predicted octanol–water partition coefficient (Wildman–Crippen LogP) is 1.21. The number of alkyl halides is 3. The molecule has 0 aromatic rings. The number of fused-ring (bicyclic) bond motifs is 3. The van der Waals surface area contributed by atoms with Crippen LogP contribution in [0, 0.1) is 5.92 Å². The number of hydrogen-bond donors (Lipinski definition) is 3. The van der Waals surface area contributed by atoms with Gasteiger partial charge in [0.1, 0.15) is 5.70 Å². The number of carbonyl (C=O) groups is 1. The molecule has 2 unspecified atom stereocenters. The number of rotatable bonds is 4. The van der Waals surface area contributed by atoms with Gasteiger partial charge < -0.3 is 15.6 Å². The van der Waals surface area contributed by atoms with Crippen LogP contribution in [0.25, 0.3) is 0 Å². The van der Waals surface area contributed by atoms with Gasteiger partial charge in [0.25, 0.3) is 5.91 Å². The van der Waals surface area contributed by atoms with E-state index < -0.39 is 12.6 Å². The smallest absolute Gasteiger partial charge is 0.347 e. The van der Waals surface area contributed by atoms with Gasteiger partial charge in [-0.1, -0.05) is 11.6 Å². The Labute approximate surface area is 138 Å². The second kappa shape index (κ2) is 5.77. The van der Waals surface area contributed by atoms with Gasteiger partial charge in [-0.3, -0.25) is 4.79 Å². The van der Waals surface area contributed by atoms with E-state index in [4.69, 9.17) is 0 Å². The van der Waals surface area contributed by atoms with E-state index in [2.05, 4.69) is 22.2 Å². The van der Waals surface area contributed by atoms with Gasteiger partial charge in [-0.05, 0) is 25.8 Å². The maximum absolute atomic E-state index is 12.5. The van der Waals surface area contributed by atoms with Crippen molar-refractivity contribution in [1.29, 1.82) is 0 Å². The van der Waals surface area contributed by atoms with Gasteiger partial charge in [-0.15, -0.1) is 0 Å². The number of nitrogens with one attached hydrogen (secondary N) is 3. The summed E-state index contributed by atoms with van der Waals surface area (Å²) in [6.45, 7) is 1.14. The van der Waals surface area contributed by atoms with Crippen LogP contribution in [0.5, 0.6) is 0 Å². The summed E-state index contributed by atoms with van der Waals surface area (Å²) in [7, 11) is 0. The molecule has 24 heavy (non-hydrogen) atoms. The minimum atomic E-state index is -4.13. The third-order valence-corrected chi connectivity index (χ3v) is 5.27. The zero-order chi connectivity index (χ0) is 16.9. The molecular weight excluding hydrogens is 321 g/mol. The minimum absolute atomic E-state index is 0.000522. The quantitative estimate of drug-likeness (QED) is 0.719. The van der Waals surface area contributed by atoms with E-state index in [1.807, 2.05) is 0 Å². The molecule has 0 radical (unpaired) electrons. The molecule has 2 aliphatic heterocycles. The third kappa shape index (κ3) is 3.17. The predicted molar refractivity (Wildman–Crippen MR) is 81.6 cm³/mol. The van der Waals surface area contributed by atoms with Crippen molar-refractivity contribution in [1.82, 2.24) is 21.1 Å². The number of halogens is 3. The molecule has 4 aliphatic rings. The molecule has 2 heterocycles. The van der Waals surface area contributed by atoms with Crippen LogP contribution in [0.1, 0.15) is 25.7 Å². The molecule has 0 bridgehead atoms. The van der Waals surface area contributed by atoms with E-state index >= 15 is 0 Å². The van der Waals surface area contributed by atoms with Crippen LogP contribution >= 0.6 is 0 Å². The molecule has 5 nitrogen and oxygen atoms in total.